The minimum absolute atomic E-state index is 0.221. The molecule has 132 valence electrons. The number of hydrogen-bond donors (Lipinski definition) is 1. The van der Waals surface area contributed by atoms with E-state index in [2.05, 4.69) is 18.3 Å². The molecule has 0 saturated carbocycles. The van der Waals surface area contributed by atoms with E-state index in [1.165, 1.54) is 0 Å². The molecule has 0 aliphatic heterocycles. The van der Waals surface area contributed by atoms with Crippen molar-refractivity contribution in [1.29, 1.82) is 5.26 Å². The van der Waals surface area contributed by atoms with E-state index in [-0.39, 0.29) is 5.91 Å². The third kappa shape index (κ3) is 5.54. The second-order valence-corrected chi connectivity index (χ2v) is 5.83. The molecule has 0 fully saturated rings. The molecule has 24 heavy (non-hydrogen) atoms. The molecule has 1 aromatic rings. The summed E-state index contributed by atoms with van der Waals surface area (Å²) in [7, 11) is 0. The molecule has 0 radical (unpaired) electrons. The lowest BCUT2D eigenvalue weighted by molar-refractivity contribution is -0.139. The highest BCUT2D eigenvalue weighted by Gasteiger charge is 2.33. The Balaban J connectivity index is 2.92. The van der Waals surface area contributed by atoms with Gasteiger partial charge in [-0.25, -0.2) is 0 Å². The lowest BCUT2D eigenvalue weighted by Crippen LogP contribution is -2.43. The SMILES string of the molecule is CCCCC[C@@](C)(OCC)C(=O)Nc1ccc(OCC)cc1C#N. The van der Waals surface area contributed by atoms with Gasteiger partial charge in [0.2, 0.25) is 0 Å². The molecule has 0 aromatic heterocycles. The first-order chi connectivity index (χ1) is 11.5. The van der Waals surface area contributed by atoms with Crippen LogP contribution in [0.5, 0.6) is 5.75 Å². The predicted octanol–water partition coefficient (Wildman–Crippen LogP) is 4.27. The van der Waals surface area contributed by atoms with Gasteiger partial charge in [-0.15, -0.1) is 0 Å². The first-order valence-corrected chi connectivity index (χ1v) is 8.63. The van der Waals surface area contributed by atoms with Crippen LogP contribution < -0.4 is 10.1 Å². The number of unbranched alkanes of at least 4 members (excludes halogenated alkanes) is 2. The van der Waals surface area contributed by atoms with E-state index in [1.807, 2.05) is 20.8 Å². The van der Waals surface area contributed by atoms with E-state index < -0.39 is 5.60 Å². The smallest absolute Gasteiger partial charge is 0.256 e. The molecular weight excluding hydrogens is 304 g/mol. The molecule has 0 aliphatic carbocycles. The van der Waals surface area contributed by atoms with E-state index in [0.717, 1.165) is 19.3 Å². The van der Waals surface area contributed by atoms with E-state index in [1.54, 1.807) is 18.2 Å². The van der Waals surface area contributed by atoms with Gasteiger partial charge in [0.25, 0.3) is 5.91 Å². The van der Waals surface area contributed by atoms with Crippen LogP contribution in [-0.2, 0) is 9.53 Å². The van der Waals surface area contributed by atoms with Crippen LogP contribution in [0.2, 0.25) is 0 Å². The molecule has 1 N–H and O–H groups in total. The number of rotatable bonds is 10. The van der Waals surface area contributed by atoms with Gasteiger partial charge in [-0.3, -0.25) is 4.79 Å². The first-order valence-electron chi connectivity index (χ1n) is 8.63. The van der Waals surface area contributed by atoms with Crippen LogP contribution >= 0.6 is 0 Å². The summed E-state index contributed by atoms with van der Waals surface area (Å²) in [4.78, 5) is 12.7. The van der Waals surface area contributed by atoms with Crippen molar-refractivity contribution >= 4 is 11.6 Å². The average molecular weight is 332 g/mol. The molecule has 0 unspecified atom stereocenters. The molecule has 0 saturated heterocycles. The Morgan fingerprint density at radius 2 is 2.00 bits per heavy atom. The molecule has 1 atom stereocenters. The van der Waals surface area contributed by atoms with Crippen molar-refractivity contribution in [2.45, 2.75) is 59.0 Å². The van der Waals surface area contributed by atoms with Crippen molar-refractivity contribution in [3.8, 4) is 11.8 Å². The van der Waals surface area contributed by atoms with Gasteiger partial charge < -0.3 is 14.8 Å². The fourth-order valence-corrected chi connectivity index (χ4v) is 2.52. The minimum atomic E-state index is -0.894. The molecule has 1 amide bonds. The summed E-state index contributed by atoms with van der Waals surface area (Å²) in [6, 6.07) is 7.17. The summed E-state index contributed by atoms with van der Waals surface area (Å²) in [6.45, 7) is 8.68. The third-order valence-electron chi connectivity index (χ3n) is 3.87. The van der Waals surface area contributed by atoms with E-state index in [0.29, 0.717) is 36.6 Å². The summed E-state index contributed by atoms with van der Waals surface area (Å²) >= 11 is 0. The maximum absolute atomic E-state index is 12.7. The number of nitrogens with zero attached hydrogens (tertiary/aromatic N) is 1. The maximum atomic E-state index is 12.7. The lowest BCUT2D eigenvalue weighted by Gasteiger charge is -2.28. The monoisotopic (exact) mass is 332 g/mol. The van der Waals surface area contributed by atoms with Crippen molar-refractivity contribution in [3.63, 3.8) is 0 Å². The molecule has 5 heteroatoms. The molecule has 5 nitrogen and oxygen atoms in total. The Labute approximate surface area is 145 Å². The Morgan fingerprint density at radius 3 is 2.58 bits per heavy atom. The average Bonchev–Trinajstić information content (AvgIpc) is 2.56. The number of carbonyl (C=O) groups is 1. The van der Waals surface area contributed by atoms with Gasteiger partial charge in [-0.05, 0) is 45.4 Å². The van der Waals surface area contributed by atoms with Crippen LogP contribution in [0.1, 0.15) is 58.9 Å². The molecule has 1 rings (SSSR count). The van der Waals surface area contributed by atoms with Crippen molar-refractivity contribution in [3.05, 3.63) is 23.8 Å². The van der Waals surface area contributed by atoms with Gasteiger partial charge in [-0.1, -0.05) is 26.2 Å². The summed E-state index contributed by atoms with van der Waals surface area (Å²) in [5, 5.41) is 12.2. The number of nitriles is 1. The highest BCUT2D eigenvalue weighted by Crippen LogP contribution is 2.26. The molecule has 0 spiro atoms. The van der Waals surface area contributed by atoms with Crippen molar-refractivity contribution in [1.82, 2.24) is 0 Å². The zero-order chi connectivity index (χ0) is 18.0. The molecule has 0 bridgehead atoms. The van der Waals surface area contributed by atoms with Crippen LogP contribution in [0.15, 0.2) is 18.2 Å². The fraction of sp³-hybridized carbons (Fsp3) is 0.579. The van der Waals surface area contributed by atoms with Gasteiger partial charge >= 0.3 is 0 Å². The number of benzene rings is 1. The molecule has 0 heterocycles. The summed E-state index contributed by atoms with van der Waals surface area (Å²) < 4.78 is 11.1. The predicted molar refractivity (Wildman–Crippen MR) is 95.1 cm³/mol. The highest BCUT2D eigenvalue weighted by molar-refractivity contribution is 5.98. The lowest BCUT2D eigenvalue weighted by atomic mass is 9.96. The van der Waals surface area contributed by atoms with Crippen molar-refractivity contribution < 1.29 is 14.3 Å². The van der Waals surface area contributed by atoms with Gasteiger partial charge in [0.15, 0.2) is 0 Å². The van der Waals surface area contributed by atoms with Crippen LogP contribution in [-0.4, -0.2) is 24.7 Å². The quantitative estimate of drug-likeness (QED) is 0.649. The Bertz CT molecular complexity index is 580. The van der Waals surface area contributed by atoms with E-state index in [4.69, 9.17) is 9.47 Å². The Hall–Kier alpha value is -2.06. The number of nitrogens with one attached hydrogen (secondary N) is 1. The van der Waals surface area contributed by atoms with Crippen LogP contribution in [0.3, 0.4) is 0 Å². The third-order valence-corrected chi connectivity index (χ3v) is 3.87. The van der Waals surface area contributed by atoms with Gasteiger partial charge in [0.05, 0.1) is 17.9 Å². The Morgan fingerprint density at radius 1 is 1.25 bits per heavy atom. The molecule has 0 aliphatic rings. The van der Waals surface area contributed by atoms with Gasteiger partial charge in [0, 0.05) is 6.61 Å². The largest absolute Gasteiger partial charge is 0.494 e. The standard InChI is InChI=1S/C19H28N2O3/c1-5-8-9-12-19(4,24-7-3)18(22)21-17-11-10-16(23-6-2)13-15(17)14-20/h10-11,13H,5-9,12H2,1-4H3,(H,21,22)/t19-/m1/s1. The van der Waals surface area contributed by atoms with Crippen LogP contribution in [0.4, 0.5) is 5.69 Å². The minimum Gasteiger partial charge on any atom is -0.494 e. The van der Waals surface area contributed by atoms with Crippen LogP contribution in [0, 0.1) is 11.3 Å². The van der Waals surface area contributed by atoms with Crippen LogP contribution in [0.25, 0.3) is 0 Å². The zero-order valence-electron chi connectivity index (χ0n) is 15.1. The normalized spacial score (nSPS) is 13.0. The first kappa shape index (κ1) is 20.0. The summed E-state index contributed by atoms with van der Waals surface area (Å²) in [6.07, 6.45) is 3.72. The molecule has 1 aromatic carbocycles. The van der Waals surface area contributed by atoms with Gasteiger partial charge in [0.1, 0.15) is 17.4 Å². The van der Waals surface area contributed by atoms with Crippen molar-refractivity contribution in [2.24, 2.45) is 0 Å². The summed E-state index contributed by atoms with van der Waals surface area (Å²) in [5.41, 5.74) is -0.0380. The number of ether oxygens (including phenoxy) is 2. The van der Waals surface area contributed by atoms with Crippen molar-refractivity contribution in [2.75, 3.05) is 18.5 Å². The van der Waals surface area contributed by atoms with E-state index in [9.17, 15) is 10.1 Å². The van der Waals surface area contributed by atoms with E-state index >= 15 is 0 Å². The number of amides is 1. The summed E-state index contributed by atoms with van der Waals surface area (Å²) in [5.74, 6) is 0.392. The second kappa shape index (κ2) is 9.94. The number of hydrogen-bond acceptors (Lipinski definition) is 4. The Kier molecular flexibility index (Phi) is 8.28. The number of carbonyl (C=O) groups excluding carboxylic acids is 1. The fourth-order valence-electron chi connectivity index (χ4n) is 2.52. The second-order valence-electron chi connectivity index (χ2n) is 5.83. The van der Waals surface area contributed by atoms with Gasteiger partial charge in [-0.2, -0.15) is 5.26 Å². The number of anilines is 1. The highest BCUT2D eigenvalue weighted by atomic mass is 16.5. The zero-order valence-corrected chi connectivity index (χ0v) is 15.1. The topological polar surface area (TPSA) is 71.3 Å². The molecular formula is C19H28N2O3. The maximum Gasteiger partial charge on any atom is 0.256 e.